The molecule has 5 nitrogen and oxygen atoms in total. The first-order valence-electron chi connectivity index (χ1n) is 8.40. The molecule has 6 atom stereocenters. The third kappa shape index (κ3) is 2.50. The third-order valence-electron chi connectivity index (χ3n) is 5.58. The lowest BCUT2D eigenvalue weighted by Gasteiger charge is -2.28. The van der Waals surface area contributed by atoms with Crippen LogP contribution >= 0.6 is 31.9 Å². The number of amides is 2. The van der Waals surface area contributed by atoms with Crippen LogP contribution in [0.25, 0.3) is 0 Å². The Bertz CT molecular complexity index is 735. The van der Waals surface area contributed by atoms with Crippen molar-refractivity contribution in [2.75, 3.05) is 4.90 Å². The van der Waals surface area contributed by atoms with E-state index in [1.165, 1.54) is 4.90 Å². The van der Waals surface area contributed by atoms with E-state index in [4.69, 9.17) is 4.74 Å². The van der Waals surface area contributed by atoms with Crippen LogP contribution < -0.4 is 9.64 Å². The molecule has 0 N–H and O–H groups in total. The lowest BCUT2D eigenvalue weighted by atomic mass is 9.81. The van der Waals surface area contributed by atoms with Gasteiger partial charge in [-0.05, 0) is 30.4 Å². The van der Waals surface area contributed by atoms with E-state index in [1.807, 2.05) is 0 Å². The molecule has 7 heteroatoms. The molecule has 2 bridgehead atoms. The summed E-state index contributed by atoms with van der Waals surface area (Å²) in [6, 6.07) is 6.63. The van der Waals surface area contributed by atoms with Gasteiger partial charge < -0.3 is 4.74 Å². The minimum absolute atomic E-state index is 0.134. The predicted molar refractivity (Wildman–Crippen MR) is 98.9 cm³/mol. The van der Waals surface area contributed by atoms with Crippen molar-refractivity contribution in [1.29, 1.82) is 0 Å². The fourth-order valence-electron chi connectivity index (χ4n) is 4.49. The summed E-state index contributed by atoms with van der Waals surface area (Å²) in [5, 5.41) is 0. The zero-order chi connectivity index (χ0) is 17.9. The van der Waals surface area contributed by atoms with Crippen LogP contribution in [-0.2, 0) is 14.4 Å². The summed E-state index contributed by atoms with van der Waals surface area (Å²) in [5.41, 5.74) is 0.474. The molecular weight excluding hydrogens is 454 g/mol. The molecule has 0 aromatic heterocycles. The zero-order valence-electron chi connectivity index (χ0n) is 13.5. The molecule has 1 aromatic carbocycles. The van der Waals surface area contributed by atoms with Crippen LogP contribution in [0.1, 0.15) is 19.8 Å². The van der Waals surface area contributed by atoms with E-state index in [0.717, 1.165) is 6.42 Å². The molecule has 2 aliphatic carbocycles. The van der Waals surface area contributed by atoms with Gasteiger partial charge in [0.05, 0.1) is 17.5 Å². The quantitative estimate of drug-likeness (QED) is 0.294. The Morgan fingerprint density at radius 3 is 2.32 bits per heavy atom. The number of carbonyl (C=O) groups is 3. The molecule has 1 heterocycles. The molecule has 0 unspecified atom stereocenters. The number of anilines is 1. The molecule has 0 radical (unpaired) electrons. The lowest BCUT2D eigenvalue weighted by molar-refractivity contribution is -0.134. The number of halogens is 2. The Morgan fingerprint density at radius 1 is 1.16 bits per heavy atom. The second kappa shape index (κ2) is 6.20. The van der Waals surface area contributed by atoms with Gasteiger partial charge in [-0.2, -0.15) is 0 Å². The van der Waals surface area contributed by atoms with E-state index in [0.29, 0.717) is 11.4 Å². The fourth-order valence-corrected chi connectivity index (χ4v) is 6.37. The van der Waals surface area contributed by atoms with Crippen molar-refractivity contribution in [3.63, 3.8) is 0 Å². The van der Waals surface area contributed by atoms with Crippen LogP contribution in [0.4, 0.5) is 5.69 Å². The summed E-state index contributed by atoms with van der Waals surface area (Å²) in [6.07, 6.45) is 1.17. The van der Waals surface area contributed by atoms with Crippen molar-refractivity contribution in [2.24, 2.45) is 23.7 Å². The van der Waals surface area contributed by atoms with Gasteiger partial charge in [0, 0.05) is 22.1 Å². The number of alkyl halides is 2. The van der Waals surface area contributed by atoms with Crippen LogP contribution in [0.3, 0.4) is 0 Å². The van der Waals surface area contributed by atoms with E-state index in [-0.39, 0.29) is 57.5 Å². The summed E-state index contributed by atoms with van der Waals surface area (Å²) in [4.78, 5) is 39.2. The average Bonchev–Trinajstić information content (AvgIpc) is 3.20. The van der Waals surface area contributed by atoms with Gasteiger partial charge >= 0.3 is 5.97 Å². The summed E-state index contributed by atoms with van der Waals surface area (Å²) < 4.78 is 5.21. The Hall–Kier alpha value is -1.21. The number of fused-ring (bicyclic) bond motifs is 5. The van der Waals surface area contributed by atoms with Gasteiger partial charge in [0.15, 0.2) is 0 Å². The van der Waals surface area contributed by atoms with Crippen molar-refractivity contribution >= 4 is 55.3 Å². The molecule has 2 saturated carbocycles. The van der Waals surface area contributed by atoms with Gasteiger partial charge in [0.1, 0.15) is 5.75 Å². The fraction of sp³-hybridized carbons (Fsp3) is 0.500. The number of ether oxygens (including phenoxy) is 1. The van der Waals surface area contributed by atoms with Crippen LogP contribution in [0.15, 0.2) is 24.3 Å². The summed E-state index contributed by atoms with van der Waals surface area (Å²) in [6.45, 7) is 1.71. The van der Waals surface area contributed by atoms with Crippen LogP contribution in [-0.4, -0.2) is 27.4 Å². The summed E-state index contributed by atoms with van der Waals surface area (Å²) >= 11 is 7.36. The molecule has 1 aliphatic heterocycles. The molecule has 0 spiro atoms. The van der Waals surface area contributed by atoms with Gasteiger partial charge in [-0.15, -0.1) is 0 Å². The minimum atomic E-state index is -0.351. The Kier molecular flexibility index (Phi) is 4.27. The van der Waals surface area contributed by atoms with Gasteiger partial charge in [0.25, 0.3) is 0 Å². The molecule has 2 amide bonds. The number of hydrogen-bond acceptors (Lipinski definition) is 4. The second-order valence-corrected chi connectivity index (χ2v) is 8.96. The SMILES string of the molecule is CCC(=O)Oc1cccc(N2C(=O)[C@@H]3[C@H]4C[C@@H]([C@H](Br)[C@H]4Br)[C@@H]3C2=O)c1. The molecular formula is C18H17Br2NO4. The van der Waals surface area contributed by atoms with E-state index < -0.39 is 0 Å². The van der Waals surface area contributed by atoms with Gasteiger partial charge in [-0.1, -0.05) is 44.8 Å². The minimum Gasteiger partial charge on any atom is -0.426 e. The number of rotatable bonds is 3. The monoisotopic (exact) mass is 469 g/mol. The van der Waals surface area contributed by atoms with E-state index in [1.54, 1.807) is 31.2 Å². The zero-order valence-corrected chi connectivity index (χ0v) is 16.7. The molecule has 3 aliphatic rings. The number of imide groups is 1. The van der Waals surface area contributed by atoms with Gasteiger partial charge in [-0.25, -0.2) is 4.90 Å². The Balaban J connectivity index is 1.65. The molecule has 1 aromatic rings. The highest BCUT2D eigenvalue weighted by Crippen LogP contribution is 2.60. The standard InChI is InChI=1S/C18H17Br2NO4/c1-2-12(22)25-9-5-3-4-8(6-9)21-17(23)13-10-7-11(14(13)18(21)24)16(20)15(10)19/h3-6,10-11,13-16H,2,7H2,1H3/t10-,11-,13-,14+,15+,16+/m1/s1. The maximum atomic E-state index is 13.0. The molecule has 132 valence electrons. The van der Waals surface area contributed by atoms with Gasteiger partial charge in [0.2, 0.25) is 11.8 Å². The first-order chi connectivity index (χ1) is 11.9. The van der Waals surface area contributed by atoms with Gasteiger partial charge in [-0.3, -0.25) is 14.4 Å². The number of carbonyl (C=O) groups excluding carboxylic acids is 3. The topological polar surface area (TPSA) is 63.7 Å². The number of esters is 1. The Labute approximate surface area is 162 Å². The third-order valence-corrected chi connectivity index (χ3v) is 8.79. The van der Waals surface area contributed by atoms with E-state index in [2.05, 4.69) is 31.9 Å². The van der Waals surface area contributed by atoms with Crippen molar-refractivity contribution < 1.29 is 19.1 Å². The normalized spacial score (nSPS) is 36.0. The number of nitrogens with zero attached hydrogens (tertiary/aromatic N) is 1. The first-order valence-corrected chi connectivity index (χ1v) is 10.2. The summed E-state index contributed by atoms with van der Waals surface area (Å²) in [7, 11) is 0. The molecule has 25 heavy (non-hydrogen) atoms. The maximum Gasteiger partial charge on any atom is 0.310 e. The smallest absolute Gasteiger partial charge is 0.310 e. The average molecular weight is 471 g/mol. The molecule has 4 rings (SSSR count). The lowest BCUT2D eigenvalue weighted by Crippen LogP contribution is -2.37. The second-order valence-electron chi connectivity index (χ2n) is 6.84. The largest absolute Gasteiger partial charge is 0.426 e. The molecule has 3 fully saturated rings. The van der Waals surface area contributed by atoms with Crippen LogP contribution in [0.2, 0.25) is 0 Å². The number of hydrogen-bond donors (Lipinski definition) is 0. The van der Waals surface area contributed by atoms with Crippen molar-refractivity contribution in [2.45, 2.75) is 29.4 Å². The highest BCUT2D eigenvalue weighted by atomic mass is 79.9. The first kappa shape index (κ1) is 17.2. The highest BCUT2D eigenvalue weighted by Gasteiger charge is 2.66. The van der Waals surface area contributed by atoms with E-state index in [9.17, 15) is 14.4 Å². The van der Waals surface area contributed by atoms with Crippen molar-refractivity contribution in [3.05, 3.63) is 24.3 Å². The molecule has 1 saturated heterocycles. The maximum absolute atomic E-state index is 13.0. The number of benzene rings is 1. The van der Waals surface area contributed by atoms with Crippen LogP contribution in [0.5, 0.6) is 5.75 Å². The van der Waals surface area contributed by atoms with E-state index >= 15 is 0 Å². The summed E-state index contributed by atoms with van der Waals surface area (Å²) in [5.74, 6) is -0.411. The Morgan fingerprint density at radius 2 is 1.76 bits per heavy atom. The van der Waals surface area contributed by atoms with Crippen molar-refractivity contribution in [3.8, 4) is 5.75 Å². The highest BCUT2D eigenvalue weighted by molar-refractivity contribution is 9.12. The van der Waals surface area contributed by atoms with Crippen LogP contribution in [0, 0.1) is 23.7 Å². The predicted octanol–water partition coefficient (Wildman–Crippen LogP) is 3.28. The van der Waals surface area contributed by atoms with Crippen molar-refractivity contribution in [1.82, 2.24) is 0 Å².